The van der Waals surface area contributed by atoms with Gasteiger partial charge in [-0.2, -0.15) is 0 Å². The summed E-state index contributed by atoms with van der Waals surface area (Å²) in [6.45, 7) is 1.98. The first-order chi connectivity index (χ1) is 7.55. The molecule has 0 aromatic carbocycles. The van der Waals surface area contributed by atoms with Gasteiger partial charge in [0.05, 0.1) is 20.1 Å². The van der Waals surface area contributed by atoms with Crippen LogP contribution in [0.25, 0.3) is 0 Å². The fraction of sp³-hybridized carbons (Fsp3) is 0.583. The maximum absolute atomic E-state index is 12.1. The van der Waals surface area contributed by atoms with Crippen LogP contribution >= 0.6 is 0 Å². The highest BCUT2D eigenvalue weighted by Crippen LogP contribution is 2.36. The van der Waals surface area contributed by atoms with Gasteiger partial charge >= 0.3 is 0 Å². The Labute approximate surface area is 94.3 Å². The molecular formula is C12H16N2O2. The summed E-state index contributed by atoms with van der Waals surface area (Å²) in [5.74, 6) is 0.637. The van der Waals surface area contributed by atoms with Crippen LogP contribution in [0.3, 0.4) is 0 Å². The van der Waals surface area contributed by atoms with E-state index < -0.39 is 0 Å². The lowest BCUT2D eigenvalue weighted by atomic mass is 9.83. The molecule has 86 valence electrons. The van der Waals surface area contributed by atoms with Gasteiger partial charge in [0.25, 0.3) is 5.56 Å². The van der Waals surface area contributed by atoms with Crippen LogP contribution in [0.2, 0.25) is 0 Å². The summed E-state index contributed by atoms with van der Waals surface area (Å²) in [5, 5.41) is 12.1. The summed E-state index contributed by atoms with van der Waals surface area (Å²) in [6, 6.07) is 5.40. The predicted molar refractivity (Wildman–Crippen MR) is 60.8 cm³/mol. The maximum Gasteiger partial charge on any atom is 0.250 e. The second-order valence-electron chi connectivity index (χ2n) is 5.36. The molecule has 0 saturated carbocycles. The molecular weight excluding hydrogens is 204 g/mol. The second kappa shape index (κ2) is 3.18. The van der Waals surface area contributed by atoms with E-state index in [1.165, 1.54) is 0 Å². The van der Waals surface area contributed by atoms with Crippen molar-refractivity contribution in [3.8, 4) is 0 Å². The number of quaternary nitrogens is 1. The zero-order valence-corrected chi connectivity index (χ0v) is 9.43. The number of hydrogen-bond acceptors (Lipinski definition) is 2. The average molecular weight is 220 g/mol. The number of hydrogen-bond donors (Lipinski definition) is 0. The van der Waals surface area contributed by atoms with Crippen LogP contribution in [0.5, 0.6) is 0 Å². The van der Waals surface area contributed by atoms with E-state index >= 15 is 0 Å². The third kappa shape index (κ3) is 1.49. The molecule has 3 atom stereocenters. The van der Waals surface area contributed by atoms with E-state index in [0.29, 0.717) is 19.0 Å². The minimum Gasteiger partial charge on any atom is -0.633 e. The normalized spacial score (nSPS) is 36.9. The van der Waals surface area contributed by atoms with Gasteiger partial charge in [-0.3, -0.25) is 4.79 Å². The van der Waals surface area contributed by atoms with Crippen molar-refractivity contribution in [3.63, 3.8) is 0 Å². The molecule has 1 aromatic rings. The smallest absolute Gasteiger partial charge is 0.250 e. The van der Waals surface area contributed by atoms with Gasteiger partial charge in [0.15, 0.2) is 0 Å². The van der Waals surface area contributed by atoms with Gasteiger partial charge < -0.3 is 14.4 Å². The number of fused-ring (bicyclic) bond motifs is 4. The number of hydroxylamine groups is 3. The van der Waals surface area contributed by atoms with Crippen molar-refractivity contribution in [3.05, 3.63) is 39.5 Å². The molecule has 1 aromatic heterocycles. The van der Waals surface area contributed by atoms with E-state index in [-0.39, 0.29) is 16.1 Å². The molecule has 3 heterocycles. The molecule has 16 heavy (non-hydrogen) atoms. The van der Waals surface area contributed by atoms with Crippen molar-refractivity contribution in [2.45, 2.75) is 18.9 Å². The maximum atomic E-state index is 12.1. The van der Waals surface area contributed by atoms with Crippen molar-refractivity contribution in [1.82, 2.24) is 4.57 Å². The minimum atomic E-state index is -0.154. The van der Waals surface area contributed by atoms with E-state index in [1.807, 2.05) is 10.6 Å². The molecule has 2 aliphatic heterocycles. The summed E-state index contributed by atoms with van der Waals surface area (Å²) in [7, 11) is 1.75. The second-order valence-corrected chi connectivity index (χ2v) is 5.36. The zero-order valence-electron chi connectivity index (χ0n) is 9.43. The predicted octanol–water partition coefficient (Wildman–Crippen LogP) is 0.910. The van der Waals surface area contributed by atoms with Crippen molar-refractivity contribution in [2.75, 3.05) is 20.1 Å². The number of likely N-dealkylation sites (N-methyl/N-ethyl adjacent to an activating group) is 1. The summed E-state index contributed by atoms with van der Waals surface area (Å²) in [5.41, 5.74) is 1.14. The van der Waals surface area contributed by atoms with E-state index in [0.717, 1.165) is 18.7 Å². The molecule has 0 aliphatic carbocycles. The molecule has 2 bridgehead atoms. The molecule has 4 nitrogen and oxygen atoms in total. The highest BCUT2D eigenvalue weighted by atomic mass is 16.5. The van der Waals surface area contributed by atoms with Crippen molar-refractivity contribution >= 4 is 0 Å². The van der Waals surface area contributed by atoms with Gasteiger partial charge in [0, 0.05) is 30.1 Å². The third-order valence-corrected chi connectivity index (χ3v) is 3.81. The molecule has 1 saturated heterocycles. The van der Waals surface area contributed by atoms with Gasteiger partial charge in [0.1, 0.15) is 0 Å². The molecule has 0 spiro atoms. The summed E-state index contributed by atoms with van der Waals surface area (Å²) in [6.07, 6.45) is 1.07. The molecule has 0 amide bonds. The largest absolute Gasteiger partial charge is 0.633 e. The van der Waals surface area contributed by atoms with Crippen molar-refractivity contribution in [1.29, 1.82) is 0 Å². The number of piperidine rings is 1. The first-order valence-electron chi connectivity index (χ1n) is 5.80. The van der Waals surface area contributed by atoms with Gasteiger partial charge in [-0.15, -0.1) is 0 Å². The van der Waals surface area contributed by atoms with E-state index in [2.05, 4.69) is 0 Å². The van der Waals surface area contributed by atoms with E-state index in [4.69, 9.17) is 0 Å². The Balaban J connectivity index is 2.09. The Morgan fingerprint density at radius 2 is 2.25 bits per heavy atom. The monoisotopic (exact) mass is 220 g/mol. The first kappa shape index (κ1) is 10.1. The Bertz CT molecular complexity index is 478. The molecule has 0 radical (unpaired) electrons. The Morgan fingerprint density at radius 3 is 3.06 bits per heavy atom. The van der Waals surface area contributed by atoms with Crippen molar-refractivity contribution < 1.29 is 4.65 Å². The van der Waals surface area contributed by atoms with Crippen LogP contribution in [0.1, 0.15) is 18.0 Å². The van der Waals surface area contributed by atoms with E-state index in [1.54, 1.807) is 19.2 Å². The number of pyridine rings is 1. The van der Waals surface area contributed by atoms with E-state index in [9.17, 15) is 10.0 Å². The number of likely N-dealkylation sites (tertiary alicyclic amines) is 1. The van der Waals surface area contributed by atoms with Crippen molar-refractivity contribution in [2.24, 2.45) is 5.92 Å². The topological polar surface area (TPSA) is 45.1 Å². The Kier molecular flexibility index (Phi) is 2.00. The third-order valence-electron chi connectivity index (χ3n) is 3.81. The highest BCUT2D eigenvalue weighted by Gasteiger charge is 2.38. The zero-order chi connectivity index (χ0) is 11.3. The molecule has 2 aliphatic rings. The quantitative estimate of drug-likeness (QED) is 0.482. The van der Waals surface area contributed by atoms with Crippen LogP contribution in [-0.2, 0) is 6.54 Å². The van der Waals surface area contributed by atoms with Gasteiger partial charge in [-0.05, 0) is 12.5 Å². The average Bonchev–Trinajstić information content (AvgIpc) is 2.17. The lowest BCUT2D eigenvalue weighted by molar-refractivity contribution is -0.872. The molecule has 3 unspecified atom stereocenters. The minimum absolute atomic E-state index is 0.0780. The SMILES string of the molecule is C[N+]1([O-])CC2CC(C1)c1cccc(=O)n1C2. The molecule has 3 rings (SSSR count). The number of nitrogens with zero attached hydrogens (tertiary/aromatic N) is 2. The Morgan fingerprint density at radius 1 is 1.44 bits per heavy atom. The molecule has 1 fully saturated rings. The summed E-state index contributed by atoms with van der Waals surface area (Å²) >= 11 is 0. The van der Waals surface area contributed by atoms with Crippen LogP contribution in [0.15, 0.2) is 23.0 Å². The van der Waals surface area contributed by atoms with Crippen LogP contribution in [0.4, 0.5) is 0 Å². The highest BCUT2D eigenvalue weighted by molar-refractivity contribution is 5.15. The lowest BCUT2D eigenvalue weighted by Gasteiger charge is -2.50. The lowest BCUT2D eigenvalue weighted by Crippen LogP contribution is -2.53. The standard InChI is InChI=1S/C12H16N2O2/c1-14(16)7-9-5-10(8-14)11-3-2-4-12(15)13(11)6-9/h2-4,9-10H,5-8H2,1H3. The van der Waals surface area contributed by atoms with Crippen LogP contribution in [-0.4, -0.2) is 29.4 Å². The first-order valence-corrected chi connectivity index (χ1v) is 5.80. The van der Waals surface area contributed by atoms with Gasteiger partial charge in [0.2, 0.25) is 0 Å². The fourth-order valence-corrected chi connectivity index (χ4v) is 3.33. The molecule has 4 heteroatoms. The summed E-state index contributed by atoms with van der Waals surface area (Å²) < 4.78 is 1.70. The summed E-state index contributed by atoms with van der Waals surface area (Å²) in [4.78, 5) is 11.7. The molecule has 0 N–H and O–H groups in total. The number of aromatic nitrogens is 1. The van der Waals surface area contributed by atoms with Gasteiger partial charge in [-0.1, -0.05) is 6.07 Å². The number of rotatable bonds is 0. The van der Waals surface area contributed by atoms with Gasteiger partial charge in [-0.25, -0.2) is 0 Å². The Hall–Kier alpha value is -1.13. The van der Waals surface area contributed by atoms with Crippen LogP contribution < -0.4 is 5.56 Å². The fourth-order valence-electron chi connectivity index (χ4n) is 3.33. The van der Waals surface area contributed by atoms with Crippen LogP contribution in [0, 0.1) is 11.1 Å².